The van der Waals surface area contributed by atoms with Crippen LogP contribution in [0.25, 0.3) is 0 Å². The number of hydrogen-bond acceptors (Lipinski definition) is 1. The van der Waals surface area contributed by atoms with Gasteiger partial charge in [0.1, 0.15) is 0 Å². The van der Waals surface area contributed by atoms with E-state index >= 15 is 0 Å². The Morgan fingerprint density at radius 3 is 2.55 bits per heavy atom. The van der Waals surface area contributed by atoms with Gasteiger partial charge in [0.05, 0.1) is 0 Å². The summed E-state index contributed by atoms with van der Waals surface area (Å²) in [5.74, 6) is 0.576. The second-order valence-electron chi connectivity index (χ2n) is 5.16. The van der Waals surface area contributed by atoms with E-state index < -0.39 is 0 Å². The van der Waals surface area contributed by atoms with Gasteiger partial charge in [-0.05, 0) is 64.5 Å². The molecule has 0 saturated heterocycles. The first kappa shape index (κ1) is 14.4. The predicted octanol–water partition coefficient (Wildman–Crippen LogP) is 6.22. The number of halogens is 3. The molecule has 0 radical (unpaired) electrons. The molecule has 4 heteroatoms. The van der Waals surface area contributed by atoms with Gasteiger partial charge in [0, 0.05) is 25.7 Å². The van der Waals surface area contributed by atoms with Crippen LogP contribution in [-0.2, 0) is 0 Å². The van der Waals surface area contributed by atoms with Crippen LogP contribution in [0.3, 0.4) is 0 Å². The number of benzene rings is 2. The summed E-state index contributed by atoms with van der Waals surface area (Å²) in [6, 6.07) is 14.9. The second-order valence-corrected chi connectivity index (χ2v) is 7.33. The van der Waals surface area contributed by atoms with Gasteiger partial charge in [0.2, 0.25) is 0 Å². The summed E-state index contributed by atoms with van der Waals surface area (Å²) < 4.78 is 2.19. The van der Waals surface area contributed by atoms with Crippen LogP contribution in [0, 0.1) is 0 Å². The maximum atomic E-state index is 6.25. The molecule has 104 valence electrons. The smallest absolute Gasteiger partial charge is 0.0498 e. The molecule has 0 bridgehead atoms. The van der Waals surface area contributed by atoms with Crippen LogP contribution >= 0.6 is 43.5 Å². The van der Waals surface area contributed by atoms with E-state index in [9.17, 15) is 0 Å². The molecule has 0 amide bonds. The van der Waals surface area contributed by atoms with Crippen molar-refractivity contribution in [3.8, 4) is 0 Å². The zero-order valence-electron chi connectivity index (χ0n) is 10.7. The molecular formula is C16H14Br2ClN. The lowest BCUT2D eigenvalue weighted by atomic mass is 9.76. The first-order valence-electron chi connectivity index (χ1n) is 6.59. The fourth-order valence-corrected chi connectivity index (χ4v) is 3.64. The molecular weight excluding hydrogens is 401 g/mol. The van der Waals surface area contributed by atoms with E-state index in [-0.39, 0.29) is 0 Å². The summed E-state index contributed by atoms with van der Waals surface area (Å²) in [6.07, 6.45) is 2.26. The van der Waals surface area contributed by atoms with E-state index in [4.69, 9.17) is 11.6 Å². The average Bonchev–Trinajstić information content (AvgIpc) is 2.38. The third-order valence-electron chi connectivity index (χ3n) is 3.77. The average molecular weight is 416 g/mol. The van der Waals surface area contributed by atoms with E-state index in [2.05, 4.69) is 61.4 Å². The van der Waals surface area contributed by atoms with Gasteiger partial charge in [-0.3, -0.25) is 0 Å². The van der Waals surface area contributed by atoms with E-state index in [1.165, 1.54) is 5.56 Å². The molecule has 1 saturated carbocycles. The molecule has 3 rings (SSSR count). The second kappa shape index (κ2) is 6.08. The van der Waals surface area contributed by atoms with Gasteiger partial charge in [0.15, 0.2) is 0 Å². The molecule has 1 aliphatic carbocycles. The quantitative estimate of drug-likeness (QED) is 0.627. The van der Waals surface area contributed by atoms with E-state index in [0.717, 1.165) is 32.5 Å². The Bertz CT molecular complexity index is 624. The van der Waals surface area contributed by atoms with Crippen molar-refractivity contribution in [2.45, 2.75) is 24.8 Å². The zero-order chi connectivity index (χ0) is 14.1. The molecule has 0 unspecified atom stereocenters. The molecule has 1 aliphatic rings. The highest BCUT2D eigenvalue weighted by molar-refractivity contribution is 9.11. The molecule has 0 heterocycles. The molecule has 1 nitrogen and oxygen atoms in total. The Morgan fingerprint density at radius 1 is 1.05 bits per heavy atom. The minimum absolute atomic E-state index is 0.516. The third kappa shape index (κ3) is 3.05. The van der Waals surface area contributed by atoms with Crippen molar-refractivity contribution in [3.63, 3.8) is 0 Å². The summed E-state index contributed by atoms with van der Waals surface area (Å²) in [5, 5.41) is 4.48. The summed E-state index contributed by atoms with van der Waals surface area (Å²) in [5.41, 5.74) is 2.42. The van der Waals surface area contributed by atoms with Crippen LogP contribution in [0.15, 0.2) is 51.4 Å². The summed E-state index contributed by atoms with van der Waals surface area (Å²) in [7, 11) is 0. The number of nitrogens with one attached hydrogen (secondary N) is 1. The van der Waals surface area contributed by atoms with Gasteiger partial charge in [0.25, 0.3) is 0 Å². The third-order valence-corrected chi connectivity index (χ3v) is 5.30. The van der Waals surface area contributed by atoms with Crippen LogP contribution in [0.1, 0.15) is 24.3 Å². The molecule has 0 aliphatic heterocycles. The van der Waals surface area contributed by atoms with Crippen LogP contribution in [0.2, 0.25) is 5.02 Å². The topological polar surface area (TPSA) is 12.0 Å². The zero-order valence-corrected chi connectivity index (χ0v) is 14.7. The van der Waals surface area contributed by atoms with Crippen LogP contribution in [-0.4, -0.2) is 6.04 Å². The van der Waals surface area contributed by atoms with Gasteiger partial charge in [-0.2, -0.15) is 0 Å². The van der Waals surface area contributed by atoms with Gasteiger partial charge in [-0.15, -0.1) is 0 Å². The molecule has 0 aromatic heterocycles. The van der Waals surface area contributed by atoms with Gasteiger partial charge < -0.3 is 5.32 Å². The fraction of sp³-hybridized carbons (Fsp3) is 0.250. The Morgan fingerprint density at radius 2 is 1.80 bits per heavy atom. The maximum absolute atomic E-state index is 6.25. The minimum Gasteiger partial charge on any atom is -0.381 e. The number of rotatable bonds is 3. The standard InChI is InChI=1S/C16H14Br2ClN/c17-11-5-6-14(18)16(9-11)20-12-7-10(8-12)13-3-1-2-4-15(13)19/h1-6,9-10,12,20H,7-8H2. The summed E-state index contributed by atoms with van der Waals surface area (Å²) in [4.78, 5) is 0. The largest absolute Gasteiger partial charge is 0.381 e. The van der Waals surface area contributed by atoms with Crippen LogP contribution < -0.4 is 5.32 Å². The molecule has 20 heavy (non-hydrogen) atoms. The van der Waals surface area contributed by atoms with Gasteiger partial charge in [-0.1, -0.05) is 45.7 Å². The minimum atomic E-state index is 0.516. The van der Waals surface area contributed by atoms with Crippen molar-refractivity contribution in [1.82, 2.24) is 0 Å². The van der Waals surface area contributed by atoms with Crippen molar-refractivity contribution < 1.29 is 0 Å². The summed E-state index contributed by atoms with van der Waals surface area (Å²) >= 11 is 13.3. The normalized spacial score (nSPS) is 21.4. The lowest BCUT2D eigenvalue weighted by Crippen LogP contribution is -2.34. The Kier molecular flexibility index (Phi) is 4.39. The molecule has 0 atom stereocenters. The highest BCUT2D eigenvalue weighted by Gasteiger charge is 2.31. The predicted molar refractivity (Wildman–Crippen MR) is 92.7 cm³/mol. The van der Waals surface area contributed by atoms with Gasteiger partial charge in [-0.25, -0.2) is 0 Å². The van der Waals surface area contributed by atoms with Crippen LogP contribution in [0.5, 0.6) is 0 Å². The molecule has 2 aromatic rings. The summed E-state index contributed by atoms with van der Waals surface area (Å²) in [6.45, 7) is 0. The van der Waals surface area contributed by atoms with E-state index in [1.54, 1.807) is 0 Å². The molecule has 1 N–H and O–H groups in total. The van der Waals surface area contributed by atoms with E-state index in [0.29, 0.717) is 12.0 Å². The van der Waals surface area contributed by atoms with Crippen molar-refractivity contribution in [2.75, 3.05) is 5.32 Å². The van der Waals surface area contributed by atoms with Crippen molar-refractivity contribution in [1.29, 1.82) is 0 Å². The van der Waals surface area contributed by atoms with Gasteiger partial charge >= 0.3 is 0 Å². The lowest BCUT2D eigenvalue weighted by molar-refractivity contribution is 0.374. The highest BCUT2D eigenvalue weighted by atomic mass is 79.9. The Hall–Kier alpha value is -0.510. The lowest BCUT2D eigenvalue weighted by Gasteiger charge is -2.37. The van der Waals surface area contributed by atoms with Crippen molar-refractivity contribution in [2.24, 2.45) is 0 Å². The monoisotopic (exact) mass is 413 g/mol. The Balaban J connectivity index is 1.64. The SMILES string of the molecule is Clc1ccccc1C1CC(Nc2cc(Br)ccc2Br)C1. The Labute approximate surface area is 141 Å². The molecule has 0 spiro atoms. The molecule has 1 fully saturated rings. The number of anilines is 1. The molecule has 2 aromatic carbocycles. The van der Waals surface area contributed by atoms with Crippen molar-refractivity contribution in [3.05, 3.63) is 62.0 Å². The number of hydrogen-bond donors (Lipinski definition) is 1. The first-order chi connectivity index (χ1) is 9.63. The van der Waals surface area contributed by atoms with Crippen molar-refractivity contribution >= 4 is 49.1 Å². The fourth-order valence-electron chi connectivity index (χ4n) is 2.62. The van der Waals surface area contributed by atoms with E-state index in [1.807, 2.05) is 18.2 Å². The maximum Gasteiger partial charge on any atom is 0.0498 e. The van der Waals surface area contributed by atoms with Crippen LogP contribution in [0.4, 0.5) is 5.69 Å². The highest BCUT2D eigenvalue weighted by Crippen LogP contribution is 2.42. The first-order valence-corrected chi connectivity index (χ1v) is 8.56.